The third-order valence-electron chi connectivity index (χ3n) is 5.50. The van der Waals surface area contributed by atoms with Crippen LogP contribution in [-0.4, -0.2) is 37.0 Å². The fraction of sp³-hybridized carbons (Fsp3) is 0.933. The number of piperidine rings is 2. The Balaban J connectivity index is 0.00000133. The maximum Gasteiger partial charge on any atom is 0.225 e. The zero-order valence-electron chi connectivity index (χ0n) is 11.8. The molecule has 19 heavy (non-hydrogen) atoms. The van der Waals surface area contributed by atoms with E-state index in [0.29, 0.717) is 17.2 Å². The average molecular weight is 287 g/mol. The molecule has 1 spiro atoms. The lowest BCUT2D eigenvalue weighted by Gasteiger charge is -2.45. The first-order valence-corrected chi connectivity index (χ1v) is 7.79. The van der Waals surface area contributed by atoms with Crippen molar-refractivity contribution in [3.63, 3.8) is 0 Å². The van der Waals surface area contributed by atoms with E-state index in [9.17, 15) is 4.79 Å². The minimum atomic E-state index is 0. The minimum absolute atomic E-state index is 0. The van der Waals surface area contributed by atoms with Crippen molar-refractivity contribution in [1.82, 2.24) is 10.2 Å². The molecule has 3 rings (SSSR count). The molecule has 0 aromatic carbocycles. The van der Waals surface area contributed by atoms with Crippen LogP contribution in [0.5, 0.6) is 0 Å². The molecule has 1 aliphatic carbocycles. The molecular formula is C15H27ClN2O. The van der Waals surface area contributed by atoms with Gasteiger partial charge < -0.3 is 10.2 Å². The Labute approximate surface area is 122 Å². The highest BCUT2D eigenvalue weighted by Crippen LogP contribution is 2.40. The largest absolute Gasteiger partial charge is 0.342 e. The SMILES string of the molecule is Cl.O=C(C1CCCC1)N1CCC2(CCNCC2)CC1. The van der Waals surface area contributed by atoms with E-state index < -0.39 is 0 Å². The van der Waals surface area contributed by atoms with E-state index in [2.05, 4.69) is 10.2 Å². The van der Waals surface area contributed by atoms with Crippen LogP contribution in [0.25, 0.3) is 0 Å². The Morgan fingerprint density at radius 2 is 1.58 bits per heavy atom. The molecule has 3 fully saturated rings. The summed E-state index contributed by atoms with van der Waals surface area (Å²) in [5.41, 5.74) is 0.567. The van der Waals surface area contributed by atoms with Crippen molar-refractivity contribution >= 4 is 18.3 Å². The summed E-state index contributed by atoms with van der Waals surface area (Å²) in [4.78, 5) is 14.6. The average Bonchev–Trinajstić information content (AvgIpc) is 2.94. The lowest BCUT2D eigenvalue weighted by molar-refractivity contribution is -0.138. The van der Waals surface area contributed by atoms with Crippen LogP contribution >= 0.6 is 12.4 Å². The second-order valence-electron chi connectivity index (χ2n) is 6.56. The minimum Gasteiger partial charge on any atom is -0.342 e. The summed E-state index contributed by atoms with van der Waals surface area (Å²) in [5, 5.41) is 3.45. The Hall–Kier alpha value is -0.280. The Morgan fingerprint density at radius 1 is 1.00 bits per heavy atom. The summed E-state index contributed by atoms with van der Waals surface area (Å²) in [6.45, 7) is 4.40. The lowest BCUT2D eigenvalue weighted by Crippen LogP contribution is -2.48. The summed E-state index contributed by atoms with van der Waals surface area (Å²) in [5.74, 6) is 0.836. The molecule has 2 aliphatic heterocycles. The first-order valence-electron chi connectivity index (χ1n) is 7.79. The molecular weight excluding hydrogens is 260 g/mol. The van der Waals surface area contributed by atoms with E-state index in [1.54, 1.807) is 0 Å². The Morgan fingerprint density at radius 3 is 2.16 bits per heavy atom. The molecule has 2 saturated heterocycles. The van der Waals surface area contributed by atoms with Crippen molar-refractivity contribution in [2.75, 3.05) is 26.2 Å². The molecule has 1 N–H and O–H groups in total. The monoisotopic (exact) mass is 286 g/mol. The van der Waals surface area contributed by atoms with E-state index in [-0.39, 0.29) is 12.4 Å². The maximum absolute atomic E-state index is 12.4. The van der Waals surface area contributed by atoms with E-state index >= 15 is 0 Å². The van der Waals surface area contributed by atoms with Gasteiger partial charge in [-0.1, -0.05) is 12.8 Å². The molecule has 3 aliphatic rings. The first-order chi connectivity index (χ1) is 8.79. The zero-order chi connectivity index (χ0) is 12.4. The number of halogens is 1. The van der Waals surface area contributed by atoms with Crippen LogP contribution < -0.4 is 5.32 Å². The topological polar surface area (TPSA) is 32.3 Å². The molecule has 0 bridgehead atoms. The van der Waals surface area contributed by atoms with Gasteiger partial charge in [-0.2, -0.15) is 0 Å². The molecule has 4 heteroatoms. The number of hydrogen-bond donors (Lipinski definition) is 1. The Kier molecular flexibility index (Phi) is 5.13. The number of hydrogen-bond acceptors (Lipinski definition) is 2. The smallest absolute Gasteiger partial charge is 0.225 e. The number of amides is 1. The maximum atomic E-state index is 12.4. The van der Waals surface area contributed by atoms with Gasteiger partial charge in [0.05, 0.1) is 0 Å². The van der Waals surface area contributed by atoms with Crippen LogP contribution in [0.4, 0.5) is 0 Å². The second-order valence-corrected chi connectivity index (χ2v) is 6.56. The third kappa shape index (κ3) is 3.25. The summed E-state index contributed by atoms with van der Waals surface area (Å²) in [6.07, 6.45) is 9.94. The third-order valence-corrected chi connectivity index (χ3v) is 5.50. The number of carbonyl (C=O) groups is 1. The van der Waals surface area contributed by atoms with Crippen LogP contribution in [-0.2, 0) is 4.79 Å². The van der Waals surface area contributed by atoms with Gasteiger partial charge in [-0.05, 0) is 57.0 Å². The lowest BCUT2D eigenvalue weighted by atomic mass is 9.71. The van der Waals surface area contributed by atoms with Gasteiger partial charge in [0, 0.05) is 19.0 Å². The highest BCUT2D eigenvalue weighted by Gasteiger charge is 2.38. The van der Waals surface area contributed by atoms with E-state index in [0.717, 1.165) is 25.9 Å². The van der Waals surface area contributed by atoms with E-state index in [4.69, 9.17) is 0 Å². The summed E-state index contributed by atoms with van der Waals surface area (Å²) >= 11 is 0. The zero-order valence-corrected chi connectivity index (χ0v) is 12.6. The molecule has 0 aromatic heterocycles. The van der Waals surface area contributed by atoms with Crippen molar-refractivity contribution in [3.8, 4) is 0 Å². The number of nitrogens with zero attached hydrogens (tertiary/aromatic N) is 1. The molecule has 0 radical (unpaired) electrons. The second kappa shape index (κ2) is 6.45. The molecule has 1 amide bonds. The molecule has 2 heterocycles. The predicted octanol–water partition coefficient (Wildman–Crippen LogP) is 2.59. The van der Waals surface area contributed by atoms with Crippen LogP contribution in [0.2, 0.25) is 0 Å². The fourth-order valence-corrected chi connectivity index (χ4v) is 4.09. The van der Waals surface area contributed by atoms with Gasteiger partial charge in [0.1, 0.15) is 0 Å². The number of carbonyl (C=O) groups excluding carboxylic acids is 1. The van der Waals surface area contributed by atoms with E-state index in [1.807, 2.05) is 0 Å². The molecule has 0 aromatic rings. The van der Waals surface area contributed by atoms with Crippen LogP contribution in [0.1, 0.15) is 51.4 Å². The van der Waals surface area contributed by atoms with Gasteiger partial charge in [0.2, 0.25) is 5.91 Å². The summed E-state index contributed by atoms with van der Waals surface area (Å²) < 4.78 is 0. The highest BCUT2D eigenvalue weighted by atomic mass is 35.5. The summed E-state index contributed by atoms with van der Waals surface area (Å²) in [6, 6.07) is 0. The first kappa shape index (κ1) is 15.1. The Bertz CT molecular complexity index is 299. The standard InChI is InChI=1S/C15H26N2O.ClH/c18-14(13-3-1-2-4-13)17-11-7-15(8-12-17)5-9-16-10-6-15;/h13,16H,1-12H2;1H. The molecule has 0 unspecified atom stereocenters. The van der Waals surface area contributed by atoms with Gasteiger partial charge in [-0.15, -0.1) is 12.4 Å². The molecule has 3 nitrogen and oxygen atoms in total. The van der Waals surface area contributed by atoms with Gasteiger partial charge >= 0.3 is 0 Å². The number of likely N-dealkylation sites (tertiary alicyclic amines) is 1. The number of nitrogens with one attached hydrogen (secondary N) is 1. The van der Waals surface area contributed by atoms with Crippen molar-refractivity contribution in [2.24, 2.45) is 11.3 Å². The highest BCUT2D eigenvalue weighted by molar-refractivity contribution is 5.85. The van der Waals surface area contributed by atoms with Crippen molar-refractivity contribution in [2.45, 2.75) is 51.4 Å². The quantitative estimate of drug-likeness (QED) is 0.804. The van der Waals surface area contributed by atoms with Gasteiger partial charge in [0.25, 0.3) is 0 Å². The van der Waals surface area contributed by atoms with Crippen LogP contribution in [0.3, 0.4) is 0 Å². The predicted molar refractivity (Wildman–Crippen MR) is 79.6 cm³/mol. The molecule has 0 atom stereocenters. The van der Waals surface area contributed by atoms with Crippen LogP contribution in [0.15, 0.2) is 0 Å². The molecule has 110 valence electrons. The summed E-state index contributed by atoms with van der Waals surface area (Å²) in [7, 11) is 0. The van der Waals surface area contributed by atoms with E-state index in [1.165, 1.54) is 51.6 Å². The van der Waals surface area contributed by atoms with Crippen molar-refractivity contribution in [3.05, 3.63) is 0 Å². The van der Waals surface area contributed by atoms with Crippen molar-refractivity contribution < 1.29 is 4.79 Å². The normalized spacial score (nSPS) is 27.3. The number of rotatable bonds is 1. The van der Waals surface area contributed by atoms with Crippen molar-refractivity contribution in [1.29, 1.82) is 0 Å². The fourth-order valence-electron chi connectivity index (χ4n) is 4.09. The van der Waals surface area contributed by atoms with Gasteiger partial charge in [0.15, 0.2) is 0 Å². The van der Waals surface area contributed by atoms with Gasteiger partial charge in [-0.3, -0.25) is 4.79 Å². The van der Waals surface area contributed by atoms with Crippen LogP contribution in [0, 0.1) is 11.3 Å². The molecule has 1 saturated carbocycles. The van der Waals surface area contributed by atoms with Gasteiger partial charge in [-0.25, -0.2) is 0 Å².